The van der Waals surface area contributed by atoms with Gasteiger partial charge in [0.25, 0.3) is 0 Å². The first kappa shape index (κ1) is 21.2. The first-order valence-electron chi connectivity index (χ1n) is 9.50. The first-order chi connectivity index (χ1) is 15.0. The van der Waals surface area contributed by atoms with Crippen LogP contribution in [0.2, 0.25) is 10.0 Å². The summed E-state index contributed by atoms with van der Waals surface area (Å²) in [6.45, 7) is 0.128. The first-order valence-corrected chi connectivity index (χ1v) is 10.3. The summed E-state index contributed by atoms with van der Waals surface area (Å²) in [5.74, 6) is 1.05. The standard InChI is InChI=1S/C24H19Cl2FN2O2/c1-30-17-10-6-15(7-11-17)23-22(26)24(16-8-12-18(31-2)13-9-16)29(28-23)14-19-20(25)4-3-5-21(19)27/h3-13H,14H2,1-2H3. The van der Waals surface area contributed by atoms with E-state index in [2.05, 4.69) is 0 Å². The van der Waals surface area contributed by atoms with Crippen molar-refractivity contribution in [2.75, 3.05) is 14.2 Å². The highest BCUT2D eigenvalue weighted by molar-refractivity contribution is 6.35. The Labute approximate surface area is 189 Å². The quantitative estimate of drug-likeness (QED) is 0.322. The topological polar surface area (TPSA) is 36.3 Å². The molecule has 0 fully saturated rings. The van der Waals surface area contributed by atoms with E-state index in [4.69, 9.17) is 37.8 Å². The molecule has 31 heavy (non-hydrogen) atoms. The van der Waals surface area contributed by atoms with Crippen molar-refractivity contribution in [1.82, 2.24) is 9.78 Å². The Morgan fingerprint density at radius 2 is 1.42 bits per heavy atom. The van der Waals surface area contributed by atoms with Crippen LogP contribution in [-0.4, -0.2) is 24.0 Å². The molecule has 0 unspecified atom stereocenters. The van der Waals surface area contributed by atoms with Crippen molar-refractivity contribution in [3.63, 3.8) is 0 Å². The number of hydrogen-bond acceptors (Lipinski definition) is 3. The third-order valence-corrected chi connectivity index (χ3v) is 5.70. The van der Waals surface area contributed by atoms with E-state index in [0.29, 0.717) is 27.0 Å². The van der Waals surface area contributed by atoms with Gasteiger partial charge in [-0.2, -0.15) is 5.10 Å². The van der Waals surface area contributed by atoms with Gasteiger partial charge in [-0.1, -0.05) is 29.3 Å². The van der Waals surface area contributed by atoms with Crippen LogP contribution in [-0.2, 0) is 6.54 Å². The molecule has 1 aromatic heterocycles. The molecule has 0 N–H and O–H groups in total. The van der Waals surface area contributed by atoms with Crippen LogP contribution < -0.4 is 9.47 Å². The fourth-order valence-electron chi connectivity index (χ4n) is 3.35. The van der Waals surface area contributed by atoms with E-state index in [-0.39, 0.29) is 6.54 Å². The Hall–Kier alpha value is -3.02. The fourth-order valence-corrected chi connectivity index (χ4v) is 3.92. The normalized spacial score (nSPS) is 10.9. The van der Waals surface area contributed by atoms with Crippen LogP contribution in [0, 0.1) is 5.82 Å². The Kier molecular flexibility index (Phi) is 6.16. The number of methoxy groups -OCH3 is 2. The number of hydrogen-bond donors (Lipinski definition) is 0. The maximum atomic E-state index is 14.5. The third-order valence-electron chi connectivity index (χ3n) is 4.99. The summed E-state index contributed by atoms with van der Waals surface area (Å²) in [5.41, 5.74) is 3.24. The second-order valence-corrected chi connectivity index (χ2v) is 7.61. The zero-order valence-corrected chi connectivity index (χ0v) is 18.4. The van der Waals surface area contributed by atoms with Crippen molar-refractivity contribution in [1.29, 1.82) is 0 Å². The zero-order chi connectivity index (χ0) is 22.0. The van der Waals surface area contributed by atoms with Gasteiger partial charge in [0.05, 0.1) is 31.5 Å². The minimum atomic E-state index is -0.397. The van der Waals surface area contributed by atoms with Crippen LogP contribution in [0.3, 0.4) is 0 Å². The summed E-state index contributed by atoms with van der Waals surface area (Å²) in [5, 5.41) is 5.51. The van der Waals surface area contributed by atoms with E-state index in [9.17, 15) is 4.39 Å². The van der Waals surface area contributed by atoms with E-state index in [1.165, 1.54) is 6.07 Å². The van der Waals surface area contributed by atoms with Crippen molar-refractivity contribution in [2.45, 2.75) is 6.54 Å². The van der Waals surface area contributed by atoms with Gasteiger partial charge in [0.1, 0.15) is 23.0 Å². The number of benzene rings is 3. The smallest absolute Gasteiger partial charge is 0.129 e. The minimum absolute atomic E-state index is 0.128. The van der Waals surface area contributed by atoms with E-state index in [0.717, 1.165) is 22.6 Å². The molecule has 0 atom stereocenters. The lowest BCUT2D eigenvalue weighted by atomic mass is 10.1. The Morgan fingerprint density at radius 1 is 0.839 bits per heavy atom. The molecule has 1 heterocycles. The molecule has 4 aromatic rings. The largest absolute Gasteiger partial charge is 0.497 e. The van der Waals surface area contributed by atoms with Gasteiger partial charge in [-0.05, 0) is 60.7 Å². The molecule has 4 nitrogen and oxygen atoms in total. The number of halogens is 3. The number of rotatable bonds is 6. The maximum absolute atomic E-state index is 14.5. The van der Waals surface area contributed by atoms with Gasteiger partial charge in [-0.15, -0.1) is 0 Å². The van der Waals surface area contributed by atoms with E-state index >= 15 is 0 Å². The second-order valence-electron chi connectivity index (χ2n) is 6.83. The van der Waals surface area contributed by atoms with E-state index in [1.54, 1.807) is 31.0 Å². The fraction of sp³-hybridized carbons (Fsp3) is 0.125. The maximum Gasteiger partial charge on any atom is 0.129 e. The highest BCUT2D eigenvalue weighted by atomic mass is 35.5. The van der Waals surface area contributed by atoms with Gasteiger partial charge < -0.3 is 9.47 Å². The highest BCUT2D eigenvalue weighted by Gasteiger charge is 2.21. The molecule has 0 bridgehead atoms. The zero-order valence-electron chi connectivity index (χ0n) is 16.9. The van der Waals surface area contributed by atoms with E-state index < -0.39 is 5.82 Å². The molecule has 0 radical (unpaired) electrons. The lowest BCUT2D eigenvalue weighted by molar-refractivity contribution is 0.414. The van der Waals surface area contributed by atoms with Crippen LogP contribution in [0.15, 0.2) is 66.7 Å². The number of nitrogens with zero attached hydrogens (tertiary/aromatic N) is 2. The molecule has 0 aliphatic heterocycles. The molecule has 0 saturated carbocycles. The lowest BCUT2D eigenvalue weighted by Gasteiger charge is -2.11. The molecule has 0 spiro atoms. The van der Waals surface area contributed by atoms with Crippen LogP contribution in [0.25, 0.3) is 22.5 Å². The molecular formula is C24H19Cl2FN2O2. The molecule has 158 valence electrons. The summed E-state index contributed by atoms with van der Waals surface area (Å²) in [6, 6.07) is 19.5. The molecule has 0 saturated heterocycles. The number of ether oxygens (including phenoxy) is 2. The van der Waals surface area contributed by atoms with Gasteiger partial charge in [0.2, 0.25) is 0 Å². The Balaban J connectivity index is 1.86. The average Bonchev–Trinajstić information content (AvgIpc) is 3.12. The van der Waals surface area contributed by atoms with Crippen LogP contribution in [0.1, 0.15) is 5.56 Å². The Bertz CT molecular complexity index is 1190. The van der Waals surface area contributed by atoms with Gasteiger partial charge in [0.15, 0.2) is 0 Å². The predicted octanol–water partition coefficient (Wildman–Crippen LogP) is 6.73. The van der Waals surface area contributed by atoms with E-state index in [1.807, 2.05) is 48.5 Å². The molecule has 4 rings (SSSR count). The minimum Gasteiger partial charge on any atom is -0.497 e. The van der Waals surface area contributed by atoms with Crippen molar-refractivity contribution in [3.05, 3.63) is 88.2 Å². The van der Waals surface area contributed by atoms with Crippen LogP contribution in [0.4, 0.5) is 4.39 Å². The molecule has 0 amide bonds. The van der Waals surface area contributed by atoms with Crippen molar-refractivity contribution in [2.24, 2.45) is 0 Å². The van der Waals surface area contributed by atoms with Crippen molar-refractivity contribution >= 4 is 23.2 Å². The monoisotopic (exact) mass is 456 g/mol. The van der Waals surface area contributed by atoms with Gasteiger partial charge >= 0.3 is 0 Å². The summed E-state index contributed by atoms with van der Waals surface area (Å²) in [7, 11) is 3.21. The van der Waals surface area contributed by atoms with Crippen molar-refractivity contribution in [3.8, 4) is 34.0 Å². The SMILES string of the molecule is COc1ccc(-c2nn(Cc3c(F)cccc3Cl)c(-c3ccc(OC)cc3)c2Cl)cc1. The molecule has 7 heteroatoms. The van der Waals surface area contributed by atoms with Crippen molar-refractivity contribution < 1.29 is 13.9 Å². The van der Waals surface area contributed by atoms with Gasteiger partial charge in [-0.3, -0.25) is 4.68 Å². The lowest BCUT2D eigenvalue weighted by Crippen LogP contribution is -2.06. The van der Waals surface area contributed by atoms with Gasteiger partial charge in [0, 0.05) is 21.7 Å². The van der Waals surface area contributed by atoms with Crippen LogP contribution >= 0.6 is 23.2 Å². The summed E-state index contributed by atoms with van der Waals surface area (Å²) >= 11 is 13.1. The molecule has 0 aliphatic carbocycles. The molecule has 0 aliphatic rings. The Morgan fingerprint density at radius 3 is 1.97 bits per heavy atom. The summed E-state index contributed by atoms with van der Waals surface area (Å²) in [6.07, 6.45) is 0. The summed E-state index contributed by atoms with van der Waals surface area (Å²) in [4.78, 5) is 0. The average molecular weight is 457 g/mol. The molecule has 3 aromatic carbocycles. The molecular weight excluding hydrogens is 438 g/mol. The summed E-state index contributed by atoms with van der Waals surface area (Å²) < 4.78 is 26.7. The predicted molar refractivity (Wildman–Crippen MR) is 122 cm³/mol. The highest BCUT2D eigenvalue weighted by Crippen LogP contribution is 2.38. The van der Waals surface area contributed by atoms with Gasteiger partial charge in [-0.25, -0.2) is 4.39 Å². The second kappa shape index (κ2) is 9.00. The van der Waals surface area contributed by atoms with Crippen LogP contribution in [0.5, 0.6) is 11.5 Å². The number of aromatic nitrogens is 2. The third kappa shape index (κ3) is 4.24.